The van der Waals surface area contributed by atoms with Gasteiger partial charge in [0.05, 0.1) is 0 Å². The first-order valence-electron chi connectivity index (χ1n) is 5.18. The highest BCUT2D eigenvalue weighted by atomic mass is 14.9. The van der Waals surface area contributed by atoms with E-state index in [1.54, 1.807) is 0 Å². The molecule has 1 fully saturated rings. The summed E-state index contributed by atoms with van der Waals surface area (Å²) < 4.78 is 0. The molecular formula is C10H22N2. The van der Waals surface area contributed by atoms with Crippen molar-refractivity contribution in [2.45, 2.75) is 33.1 Å². The lowest BCUT2D eigenvalue weighted by molar-refractivity contribution is 0.492. The Morgan fingerprint density at radius 2 is 1.75 bits per heavy atom. The van der Waals surface area contributed by atoms with Crippen LogP contribution >= 0.6 is 0 Å². The van der Waals surface area contributed by atoms with Crippen LogP contribution in [0.3, 0.4) is 0 Å². The first kappa shape index (κ1) is 10.0. The van der Waals surface area contributed by atoms with Gasteiger partial charge in [0, 0.05) is 19.6 Å². The maximum atomic E-state index is 3.48. The smallest absolute Gasteiger partial charge is 0.00769 e. The lowest BCUT2D eigenvalue weighted by Crippen LogP contribution is -2.30. The summed E-state index contributed by atoms with van der Waals surface area (Å²) >= 11 is 0. The van der Waals surface area contributed by atoms with Gasteiger partial charge < -0.3 is 10.6 Å². The van der Waals surface area contributed by atoms with Gasteiger partial charge in [-0.2, -0.15) is 0 Å². The zero-order valence-electron chi connectivity index (χ0n) is 8.45. The Kier molecular flexibility index (Phi) is 4.02. The topological polar surface area (TPSA) is 24.1 Å². The summed E-state index contributed by atoms with van der Waals surface area (Å²) in [6, 6.07) is 0. The van der Waals surface area contributed by atoms with Gasteiger partial charge in [-0.25, -0.2) is 0 Å². The first-order chi connectivity index (χ1) is 5.77. The van der Waals surface area contributed by atoms with E-state index in [1.807, 2.05) is 0 Å². The average Bonchev–Trinajstić information content (AvgIpc) is 2.77. The summed E-state index contributed by atoms with van der Waals surface area (Å²) in [5.41, 5.74) is 0.657. The molecule has 0 aromatic rings. The molecule has 0 radical (unpaired) electrons. The molecular weight excluding hydrogens is 148 g/mol. The van der Waals surface area contributed by atoms with E-state index in [2.05, 4.69) is 24.5 Å². The van der Waals surface area contributed by atoms with Gasteiger partial charge in [-0.05, 0) is 31.2 Å². The van der Waals surface area contributed by atoms with Gasteiger partial charge in [-0.15, -0.1) is 0 Å². The lowest BCUT2D eigenvalue weighted by atomic mass is 10.1. The van der Waals surface area contributed by atoms with Crippen molar-refractivity contribution in [1.29, 1.82) is 0 Å². The molecule has 0 amide bonds. The normalized spacial score (nSPS) is 19.5. The van der Waals surface area contributed by atoms with E-state index in [0.29, 0.717) is 5.41 Å². The van der Waals surface area contributed by atoms with Crippen molar-refractivity contribution in [2.75, 3.05) is 26.2 Å². The Labute approximate surface area is 76.1 Å². The Hall–Kier alpha value is -0.0800. The minimum absolute atomic E-state index is 0.657. The second-order valence-corrected chi connectivity index (χ2v) is 4.24. The van der Waals surface area contributed by atoms with Crippen molar-refractivity contribution in [3.63, 3.8) is 0 Å². The SMILES string of the molecule is CCCNCCNCC1(C)CC1. The summed E-state index contributed by atoms with van der Waals surface area (Å²) in [5, 5.41) is 6.86. The van der Waals surface area contributed by atoms with Crippen molar-refractivity contribution >= 4 is 0 Å². The van der Waals surface area contributed by atoms with E-state index in [4.69, 9.17) is 0 Å². The molecule has 0 aromatic heterocycles. The van der Waals surface area contributed by atoms with Gasteiger partial charge in [-0.1, -0.05) is 13.8 Å². The zero-order chi connectivity index (χ0) is 8.86. The van der Waals surface area contributed by atoms with Crippen molar-refractivity contribution in [1.82, 2.24) is 10.6 Å². The highest BCUT2D eigenvalue weighted by Gasteiger charge is 2.36. The molecule has 1 aliphatic carbocycles. The van der Waals surface area contributed by atoms with Gasteiger partial charge in [0.2, 0.25) is 0 Å². The largest absolute Gasteiger partial charge is 0.315 e. The number of nitrogens with one attached hydrogen (secondary N) is 2. The molecule has 1 rings (SSSR count). The lowest BCUT2D eigenvalue weighted by Gasteiger charge is -2.09. The van der Waals surface area contributed by atoms with Gasteiger partial charge in [0.25, 0.3) is 0 Å². The van der Waals surface area contributed by atoms with Crippen LogP contribution in [0, 0.1) is 5.41 Å². The third kappa shape index (κ3) is 4.07. The Balaban J connectivity index is 1.77. The zero-order valence-corrected chi connectivity index (χ0v) is 8.45. The molecule has 1 saturated carbocycles. The standard InChI is InChI=1S/C10H22N2/c1-3-6-11-7-8-12-9-10(2)4-5-10/h11-12H,3-9H2,1-2H3. The monoisotopic (exact) mass is 170 g/mol. The number of hydrogen-bond acceptors (Lipinski definition) is 2. The Bertz CT molecular complexity index is 119. The van der Waals surface area contributed by atoms with Crippen LogP contribution in [0.15, 0.2) is 0 Å². The van der Waals surface area contributed by atoms with Crippen molar-refractivity contribution in [3.05, 3.63) is 0 Å². The van der Waals surface area contributed by atoms with E-state index in [9.17, 15) is 0 Å². The molecule has 72 valence electrons. The molecule has 2 nitrogen and oxygen atoms in total. The van der Waals surface area contributed by atoms with Crippen LogP contribution < -0.4 is 10.6 Å². The minimum Gasteiger partial charge on any atom is -0.315 e. The van der Waals surface area contributed by atoms with Gasteiger partial charge in [0.15, 0.2) is 0 Å². The van der Waals surface area contributed by atoms with Crippen LogP contribution in [0.1, 0.15) is 33.1 Å². The molecule has 0 atom stereocenters. The quantitative estimate of drug-likeness (QED) is 0.564. The molecule has 0 aliphatic heterocycles. The van der Waals surface area contributed by atoms with Crippen LogP contribution in [0.25, 0.3) is 0 Å². The van der Waals surface area contributed by atoms with E-state index >= 15 is 0 Å². The number of rotatable bonds is 7. The second-order valence-electron chi connectivity index (χ2n) is 4.24. The van der Waals surface area contributed by atoms with E-state index in [1.165, 1.54) is 25.8 Å². The third-order valence-corrected chi connectivity index (χ3v) is 2.56. The number of hydrogen-bond donors (Lipinski definition) is 2. The van der Waals surface area contributed by atoms with Crippen molar-refractivity contribution in [3.8, 4) is 0 Å². The molecule has 2 heteroatoms. The van der Waals surface area contributed by atoms with Crippen LogP contribution in [-0.4, -0.2) is 26.2 Å². The van der Waals surface area contributed by atoms with Crippen LogP contribution in [0.5, 0.6) is 0 Å². The third-order valence-electron chi connectivity index (χ3n) is 2.56. The summed E-state index contributed by atoms with van der Waals surface area (Å²) in [6.07, 6.45) is 4.07. The molecule has 2 N–H and O–H groups in total. The Morgan fingerprint density at radius 1 is 1.08 bits per heavy atom. The summed E-state index contributed by atoms with van der Waals surface area (Å²) in [4.78, 5) is 0. The Morgan fingerprint density at radius 3 is 2.33 bits per heavy atom. The van der Waals surface area contributed by atoms with Crippen molar-refractivity contribution < 1.29 is 0 Å². The van der Waals surface area contributed by atoms with Crippen molar-refractivity contribution in [2.24, 2.45) is 5.41 Å². The van der Waals surface area contributed by atoms with Gasteiger partial charge in [-0.3, -0.25) is 0 Å². The highest BCUT2D eigenvalue weighted by Crippen LogP contribution is 2.43. The molecule has 0 bridgehead atoms. The molecule has 1 aliphatic rings. The fourth-order valence-corrected chi connectivity index (χ4v) is 1.26. The fraction of sp³-hybridized carbons (Fsp3) is 1.00. The summed E-state index contributed by atoms with van der Waals surface area (Å²) in [6.45, 7) is 9.16. The van der Waals surface area contributed by atoms with Gasteiger partial charge >= 0.3 is 0 Å². The van der Waals surface area contributed by atoms with Gasteiger partial charge in [0.1, 0.15) is 0 Å². The van der Waals surface area contributed by atoms with E-state index in [0.717, 1.165) is 19.6 Å². The molecule has 0 saturated heterocycles. The summed E-state index contributed by atoms with van der Waals surface area (Å²) in [7, 11) is 0. The maximum absolute atomic E-state index is 3.48. The molecule has 0 heterocycles. The first-order valence-corrected chi connectivity index (χ1v) is 5.18. The van der Waals surface area contributed by atoms with Crippen LogP contribution in [0.4, 0.5) is 0 Å². The molecule has 12 heavy (non-hydrogen) atoms. The van der Waals surface area contributed by atoms with Crippen LogP contribution in [0.2, 0.25) is 0 Å². The van der Waals surface area contributed by atoms with E-state index < -0.39 is 0 Å². The predicted octanol–water partition coefficient (Wildman–Crippen LogP) is 1.38. The fourth-order valence-electron chi connectivity index (χ4n) is 1.26. The maximum Gasteiger partial charge on any atom is 0.00769 e. The molecule has 0 spiro atoms. The second kappa shape index (κ2) is 4.83. The van der Waals surface area contributed by atoms with E-state index in [-0.39, 0.29) is 0 Å². The predicted molar refractivity (Wildman–Crippen MR) is 53.4 cm³/mol. The molecule has 0 unspecified atom stereocenters. The van der Waals surface area contributed by atoms with Crippen LogP contribution in [-0.2, 0) is 0 Å². The average molecular weight is 170 g/mol. The minimum atomic E-state index is 0.657. The molecule has 0 aromatic carbocycles. The highest BCUT2D eigenvalue weighted by molar-refractivity contribution is 4.90. The summed E-state index contributed by atoms with van der Waals surface area (Å²) in [5.74, 6) is 0.